The number of carbonyl (C=O) groups excluding carboxylic acids is 2. The number of amides is 2. The Bertz CT molecular complexity index is 429. The van der Waals surface area contributed by atoms with Crippen LogP contribution in [0.3, 0.4) is 0 Å². The summed E-state index contributed by atoms with van der Waals surface area (Å²) < 4.78 is 0. The zero-order valence-corrected chi connectivity index (χ0v) is 16.4. The van der Waals surface area contributed by atoms with Gasteiger partial charge in [0, 0.05) is 24.2 Å². The molecule has 2 amide bonds. The Morgan fingerprint density at radius 2 is 1.29 bits per heavy atom. The van der Waals surface area contributed by atoms with E-state index in [4.69, 9.17) is 0 Å². The minimum Gasteiger partial charge on any atom is -0.350 e. The Kier molecular flexibility index (Phi) is 7.67. The van der Waals surface area contributed by atoms with E-state index in [1.807, 2.05) is 34.6 Å². The van der Waals surface area contributed by atoms with Gasteiger partial charge in [0.05, 0.1) is 13.1 Å². The van der Waals surface area contributed by atoms with E-state index in [1.165, 1.54) is 0 Å². The van der Waals surface area contributed by atoms with Gasteiger partial charge in [-0.3, -0.25) is 19.4 Å². The molecule has 1 aliphatic heterocycles. The van der Waals surface area contributed by atoms with E-state index in [2.05, 4.69) is 27.4 Å². The molecule has 1 fully saturated rings. The molecule has 0 radical (unpaired) electrons. The first-order valence-electron chi connectivity index (χ1n) is 9.07. The molecule has 0 spiro atoms. The summed E-state index contributed by atoms with van der Waals surface area (Å²) in [4.78, 5) is 28.6. The number of rotatable bonds is 6. The molecule has 0 aliphatic carbocycles. The highest BCUT2D eigenvalue weighted by molar-refractivity contribution is 5.79. The average Bonchev–Trinajstić information content (AvgIpc) is 2.61. The fourth-order valence-corrected chi connectivity index (χ4v) is 2.71. The van der Waals surface area contributed by atoms with Gasteiger partial charge in [0.15, 0.2) is 0 Å². The minimum absolute atomic E-state index is 0.0680. The molecule has 0 aromatic carbocycles. The Morgan fingerprint density at radius 1 is 0.833 bits per heavy atom. The van der Waals surface area contributed by atoms with Crippen LogP contribution in [0.15, 0.2) is 0 Å². The topological polar surface area (TPSA) is 64.7 Å². The van der Waals surface area contributed by atoms with Gasteiger partial charge in [-0.05, 0) is 60.5 Å². The normalized spacial score (nSPS) is 18.1. The zero-order chi connectivity index (χ0) is 18.4. The minimum atomic E-state index is -0.195. The summed E-state index contributed by atoms with van der Waals surface area (Å²) in [7, 11) is 0. The van der Waals surface area contributed by atoms with Crippen molar-refractivity contribution in [3.63, 3.8) is 0 Å². The number of carbonyl (C=O) groups is 2. The van der Waals surface area contributed by atoms with Crippen molar-refractivity contribution in [2.24, 2.45) is 0 Å². The quantitative estimate of drug-likeness (QED) is 0.763. The number of hydrogen-bond acceptors (Lipinski definition) is 4. The SMILES string of the molecule is CCC(C)(C)NC(=O)CN1CCCN(CC(=O)NC(C)(C)C)CC1. The lowest BCUT2D eigenvalue weighted by molar-refractivity contribution is -0.125. The molecule has 24 heavy (non-hydrogen) atoms. The Labute approximate surface area is 147 Å². The van der Waals surface area contributed by atoms with Crippen LogP contribution >= 0.6 is 0 Å². The summed E-state index contributed by atoms with van der Waals surface area (Å²) in [5.41, 5.74) is -0.348. The van der Waals surface area contributed by atoms with E-state index < -0.39 is 0 Å². The average molecular weight is 341 g/mol. The van der Waals surface area contributed by atoms with E-state index in [9.17, 15) is 9.59 Å². The molecular weight excluding hydrogens is 304 g/mol. The lowest BCUT2D eigenvalue weighted by Gasteiger charge is -2.27. The third-order valence-electron chi connectivity index (χ3n) is 4.29. The molecule has 0 bridgehead atoms. The lowest BCUT2D eigenvalue weighted by atomic mass is 10.0. The molecule has 1 rings (SSSR count). The molecule has 0 unspecified atom stereocenters. The van der Waals surface area contributed by atoms with Crippen molar-refractivity contribution >= 4 is 11.8 Å². The molecule has 1 aliphatic rings. The van der Waals surface area contributed by atoms with Gasteiger partial charge in [0.25, 0.3) is 0 Å². The lowest BCUT2D eigenvalue weighted by Crippen LogP contribution is -2.48. The summed E-state index contributed by atoms with van der Waals surface area (Å²) in [5, 5.41) is 6.09. The maximum atomic E-state index is 12.2. The molecule has 0 atom stereocenters. The highest BCUT2D eigenvalue weighted by Crippen LogP contribution is 2.08. The van der Waals surface area contributed by atoms with Gasteiger partial charge in [-0.2, -0.15) is 0 Å². The van der Waals surface area contributed by atoms with Crippen LogP contribution in [0, 0.1) is 0 Å². The van der Waals surface area contributed by atoms with Crippen LogP contribution in [-0.2, 0) is 9.59 Å². The van der Waals surface area contributed by atoms with Crippen LogP contribution in [0.1, 0.15) is 54.4 Å². The molecule has 0 aromatic heterocycles. The third-order valence-corrected chi connectivity index (χ3v) is 4.29. The van der Waals surface area contributed by atoms with Crippen molar-refractivity contribution in [2.45, 2.75) is 65.5 Å². The Morgan fingerprint density at radius 3 is 1.71 bits per heavy atom. The zero-order valence-electron chi connectivity index (χ0n) is 16.4. The Hall–Kier alpha value is -1.14. The molecule has 1 saturated heterocycles. The van der Waals surface area contributed by atoms with Crippen LogP contribution < -0.4 is 10.6 Å². The smallest absolute Gasteiger partial charge is 0.234 e. The van der Waals surface area contributed by atoms with Crippen LogP contribution in [0.4, 0.5) is 0 Å². The molecule has 6 heteroatoms. The van der Waals surface area contributed by atoms with Crippen LogP contribution in [0.5, 0.6) is 0 Å². The van der Waals surface area contributed by atoms with E-state index in [1.54, 1.807) is 0 Å². The third kappa shape index (κ3) is 8.64. The van der Waals surface area contributed by atoms with E-state index in [-0.39, 0.29) is 22.9 Å². The first kappa shape index (κ1) is 20.9. The van der Waals surface area contributed by atoms with Gasteiger partial charge >= 0.3 is 0 Å². The van der Waals surface area contributed by atoms with Crippen LogP contribution in [0.2, 0.25) is 0 Å². The monoisotopic (exact) mass is 340 g/mol. The van der Waals surface area contributed by atoms with Crippen molar-refractivity contribution in [3.8, 4) is 0 Å². The molecule has 6 nitrogen and oxygen atoms in total. The van der Waals surface area contributed by atoms with E-state index in [0.717, 1.165) is 39.0 Å². The number of hydrogen-bond donors (Lipinski definition) is 2. The van der Waals surface area contributed by atoms with Gasteiger partial charge in [-0.15, -0.1) is 0 Å². The molecule has 2 N–H and O–H groups in total. The number of nitrogens with one attached hydrogen (secondary N) is 2. The highest BCUT2D eigenvalue weighted by atomic mass is 16.2. The molecule has 0 saturated carbocycles. The predicted molar refractivity (Wildman–Crippen MR) is 97.9 cm³/mol. The first-order valence-corrected chi connectivity index (χ1v) is 9.07. The summed E-state index contributed by atoms with van der Waals surface area (Å²) in [5.74, 6) is 0.152. The second kappa shape index (κ2) is 8.81. The summed E-state index contributed by atoms with van der Waals surface area (Å²) in [6.07, 6.45) is 1.89. The Balaban J connectivity index is 2.40. The second-order valence-electron chi connectivity index (χ2n) is 8.49. The largest absolute Gasteiger partial charge is 0.350 e. The van der Waals surface area contributed by atoms with Crippen molar-refractivity contribution in [1.29, 1.82) is 0 Å². The fourth-order valence-electron chi connectivity index (χ4n) is 2.71. The van der Waals surface area contributed by atoms with Gasteiger partial charge in [0.1, 0.15) is 0 Å². The van der Waals surface area contributed by atoms with Gasteiger partial charge in [-0.25, -0.2) is 0 Å². The van der Waals surface area contributed by atoms with E-state index >= 15 is 0 Å². The predicted octanol–water partition coefficient (Wildman–Crippen LogP) is 1.21. The second-order valence-corrected chi connectivity index (χ2v) is 8.49. The molecule has 0 aromatic rings. The maximum Gasteiger partial charge on any atom is 0.234 e. The highest BCUT2D eigenvalue weighted by Gasteiger charge is 2.23. The standard InChI is InChI=1S/C18H36N4O2/c1-7-18(5,6)20-16(24)14-22-10-8-9-21(11-12-22)13-15(23)19-17(2,3)4/h7-14H2,1-6H3,(H,19,23)(H,20,24). The summed E-state index contributed by atoms with van der Waals surface area (Å²) in [6, 6.07) is 0. The molecule has 140 valence electrons. The van der Waals surface area contributed by atoms with Gasteiger partial charge < -0.3 is 10.6 Å². The van der Waals surface area contributed by atoms with Crippen molar-refractivity contribution in [1.82, 2.24) is 20.4 Å². The van der Waals surface area contributed by atoms with Crippen molar-refractivity contribution < 1.29 is 9.59 Å². The number of nitrogens with zero attached hydrogens (tertiary/aromatic N) is 2. The van der Waals surface area contributed by atoms with Crippen molar-refractivity contribution in [3.05, 3.63) is 0 Å². The first-order chi connectivity index (χ1) is 11.0. The van der Waals surface area contributed by atoms with Gasteiger partial charge in [-0.1, -0.05) is 6.92 Å². The van der Waals surface area contributed by atoms with Gasteiger partial charge in [0.2, 0.25) is 11.8 Å². The van der Waals surface area contributed by atoms with Crippen LogP contribution in [-0.4, -0.2) is 72.0 Å². The molecular formula is C18H36N4O2. The van der Waals surface area contributed by atoms with Crippen molar-refractivity contribution in [2.75, 3.05) is 39.3 Å². The maximum absolute atomic E-state index is 12.2. The summed E-state index contributed by atoms with van der Waals surface area (Å²) in [6.45, 7) is 16.4. The fraction of sp³-hybridized carbons (Fsp3) is 0.889. The van der Waals surface area contributed by atoms with E-state index in [0.29, 0.717) is 13.1 Å². The molecule has 1 heterocycles. The van der Waals surface area contributed by atoms with Crippen LogP contribution in [0.25, 0.3) is 0 Å². The summed E-state index contributed by atoms with van der Waals surface area (Å²) >= 11 is 0.